The topological polar surface area (TPSA) is 76.2 Å². The van der Waals surface area contributed by atoms with Crippen molar-refractivity contribution < 1.29 is 14.3 Å². The second-order valence-corrected chi connectivity index (χ2v) is 5.24. The summed E-state index contributed by atoms with van der Waals surface area (Å²) >= 11 is 6.04. The highest BCUT2D eigenvalue weighted by atomic mass is 35.5. The minimum atomic E-state index is -0.271. The number of nitrogens with zero attached hydrogens (tertiary/aromatic N) is 1. The first-order valence-corrected chi connectivity index (χ1v) is 6.92. The zero-order valence-corrected chi connectivity index (χ0v) is 12.0. The number of nitrogens with one attached hydrogen (secondary N) is 2. The van der Waals surface area contributed by atoms with Gasteiger partial charge in [0.15, 0.2) is 11.5 Å². The van der Waals surface area contributed by atoms with E-state index in [1.54, 1.807) is 36.5 Å². The second kappa shape index (κ2) is 4.92. The molecule has 2 heterocycles. The fourth-order valence-corrected chi connectivity index (χ4v) is 2.59. The van der Waals surface area contributed by atoms with Crippen molar-refractivity contribution >= 4 is 34.1 Å². The van der Waals surface area contributed by atoms with Crippen molar-refractivity contribution in [1.82, 2.24) is 10.2 Å². The third-order valence-corrected chi connectivity index (χ3v) is 3.62. The van der Waals surface area contributed by atoms with Crippen molar-refractivity contribution in [1.29, 1.82) is 0 Å². The number of hydrogen-bond donors (Lipinski definition) is 2. The van der Waals surface area contributed by atoms with E-state index in [9.17, 15) is 4.79 Å². The van der Waals surface area contributed by atoms with Gasteiger partial charge in [0.1, 0.15) is 0 Å². The van der Waals surface area contributed by atoms with Crippen LogP contribution in [0.5, 0.6) is 11.5 Å². The van der Waals surface area contributed by atoms with Crippen molar-refractivity contribution in [3.63, 3.8) is 0 Å². The molecule has 1 aliphatic rings. The lowest BCUT2D eigenvalue weighted by molar-refractivity contribution is 0.102. The Morgan fingerprint density at radius 1 is 1.23 bits per heavy atom. The van der Waals surface area contributed by atoms with Crippen LogP contribution in [0.15, 0.2) is 36.5 Å². The van der Waals surface area contributed by atoms with Crippen molar-refractivity contribution in [3.8, 4) is 11.5 Å². The second-order valence-electron chi connectivity index (χ2n) is 4.81. The summed E-state index contributed by atoms with van der Waals surface area (Å²) in [5.41, 5.74) is 1.78. The lowest BCUT2D eigenvalue weighted by Gasteiger charge is -2.07. The van der Waals surface area contributed by atoms with E-state index in [0.717, 1.165) is 0 Å². The number of amides is 1. The van der Waals surface area contributed by atoms with Gasteiger partial charge in [-0.1, -0.05) is 11.6 Å². The van der Waals surface area contributed by atoms with Crippen LogP contribution in [0, 0.1) is 0 Å². The summed E-state index contributed by atoms with van der Waals surface area (Å²) < 4.78 is 10.5. The first-order chi connectivity index (χ1) is 10.7. The molecule has 0 fully saturated rings. The molecule has 6 nitrogen and oxygen atoms in total. The van der Waals surface area contributed by atoms with Crippen LogP contribution in [0.2, 0.25) is 5.02 Å². The molecule has 1 aromatic heterocycles. The molecule has 0 bridgehead atoms. The molecule has 0 saturated carbocycles. The number of anilines is 1. The van der Waals surface area contributed by atoms with Crippen LogP contribution in [-0.2, 0) is 0 Å². The van der Waals surface area contributed by atoms with Crippen molar-refractivity contribution in [3.05, 3.63) is 47.1 Å². The van der Waals surface area contributed by atoms with Gasteiger partial charge in [0.2, 0.25) is 6.79 Å². The molecule has 0 atom stereocenters. The van der Waals surface area contributed by atoms with Gasteiger partial charge in [0.25, 0.3) is 5.91 Å². The fourth-order valence-electron chi connectivity index (χ4n) is 2.38. The molecule has 4 rings (SSSR count). The summed E-state index contributed by atoms with van der Waals surface area (Å²) in [6, 6.07) is 8.56. The van der Waals surface area contributed by atoms with Crippen LogP contribution in [-0.4, -0.2) is 22.9 Å². The molecule has 2 N–H and O–H groups in total. The van der Waals surface area contributed by atoms with Gasteiger partial charge in [-0.3, -0.25) is 9.89 Å². The van der Waals surface area contributed by atoms with E-state index in [1.165, 1.54) is 0 Å². The van der Waals surface area contributed by atoms with E-state index in [-0.39, 0.29) is 12.7 Å². The summed E-state index contributed by atoms with van der Waals surface area (Å²) in [6.07, 6.45) is 1.60. The lowest BCUT2D eigenvalue weighted by atomic mass is 10.1. The molecular formula is C15H10ClN3O3. The standard InChI is InChI=1S/C15H10ClN3O3/c16-8-3-10(11-6-17-19-12(11)4-8)15(20)18-9-1-2-13-14(5-9)22-7-21-13/h1-6H,7H2,(H,17,19)(H,18,20). The van der Waals surface area contributed by atoms with Gasteiger partial charge in [-0.2, -0.15) is 5.10 Å². The Kier molecular flexibility index (Phi) is 2.90. The van der Waals surface area contributed by atoms with Gasteiger partial charge < -0.3 is 14.8 Å². The minimum Gasteiger partial charge on any atom is -0.454 e. The highest BCUT2D eigenvalue weighted by Crippen LogP contribution is 2.34. The minimum absolute atomic E-state index is 0.191. The predicted molar refractivity (Wildman–Crippen MR) is 81.6 cm³/mol. The molecular weight excluding hydrogens is 306 g/mol. The van der Waals surface area contributed by atoms with Crippen molar-refractivity contribution in [2.24, 2.45) is 0 Å². The van der Waals surface area contributed by atoms with Gasteiger partial charge in [0.05, 0.1) is 17.3 Å². The van der Waals surface area contributed by atoms with Crippen LogP contribution < -0.4 is 14.8 Å². The highest BCUT2D eigenvalue weighted by Gasteiger charge is 2.16. The molecule has 1 amide bonds. The molecule has 1 aliphatic heterocycles. The molecule has 7 heteroatoms. The number of halogens is 1. The molecule has 0 aliphatic carbocycles. The Morgan fingerprint density at radius 2 is 2.09 bits per heavy atom. The van der Waals surface area contributed by atoms with Crippen LogP contribution in [0.25, 0.3) is 10.9 Å². The normalized spacial score (nSPS) is 12.6. The van der Waals surface area contributed by atoms with E-state index < -0.39 is 0 Å². The van der Waals surface area contributed by atoms with E-state index in [4.69, 9.17) is 21.1 Å². The molecule has 0 spiro atoms. The van der Waals surface area contributed by atoms with E-state index in [0.29, 0.717) is 38.7 Å². The number of fused-ring (bicyclic) bond motifs is 2. The molecule has 2 aromatic carbocycles. The third kappa shape index (κ3) is 2.14. The van der Waals surface area contributed by atoms with E-state index >= 15 is 0 Å². The monoisotopic (exact) mass is 315 g/mol. The van der Waals surface area contributed by atoms with E-state index in [2.05, 4.69) is 15.5 Å². The Bertz CT molecular complexity index is 891. The average molecular weight is 316 g/mol. The number of carbonyl (C=O) groups excluding carboxylic acids is 1. The predicted octanol–water partition coefficient (Wildman–Crippen LogP) is 3.20. The maximum Gasteiger partial charge on any atom is 0.256 e. The largest absolute Gasteiger partial charge is 0.454 e. The maximum atomic E-state index is 12.5. The number of hydrogen-bond acceptors (Lipinski definition) is 4. The van der Waals surface area contributed by atoms with Gasteiger partial charge in [-0.15, -0.1) is 0 Å². The SMILES string of the molecule is O=C(Nc1ccc2c(c1)OCO2)c1cc(Cl)cc2[nH]ncc12. The summed E-state index contributed by atoms with van der Waals surface area (Å²) in [5.74, 6) is 1.00. The maximum absolute atomic E-state index is 12.5. The number of ether oxygens (including phenoxy) is 2. The number of aromatic amines is 1. The van der Waals surface area contributed by atoms with Crippen LogP contribution >= 0.6 is 11.6 Å². The first-order valence-electron chi connectivity index (χ1n) is 6.54. The van der Waals surface area contributed by atoms with Gasteiger partial charge >= 0.3 is 0 Å². The average Bonchev–Trinajstić information content (AvgIpc) is 3.13. The third-order valence-electron chi connectivity index (χ3n) is 3.40. The summed E-state index contributed by atoms with van der Waals surface area (Å²) in [7, 11) is 0. The van der Waals surface area contributed by atoms with Gasteiger partial charge in [-0.05, 0) is 24.3 Å². The Labute approximate surface area is 130 Å². The van der Waals surface area contributed by atoms with Gasteiger partial charge in [0, 0.05) is 22.2 Å². The smallest absolute Gasteiger partial charge is 0.256 e. The lowest BCUT2D eigenvalue weighted by Crippen LogP contribution is -2.12. The summed E-state index contributed by atoms with van der Waals surface area (Å²) in [5, 5.41) is 10.7. The molecule has 0 unspecified atom stereocenters. The Morgan fingerprint density at radius 3 is 3.00 bits per heavy atom. The molecule has 3 aromatic rings. The fraction of sp³-hybridized carbons (Fsp3) is 0.0667. The number of rotatable bonds is 2. The molecule has 0 saturated heterocycles. The molecule has 110 valence electrons. The summed E-state index contributed by atoms with van der Waals surface area (Å²) in [6.45, 7) is 0.191. The highest BCUT2D eigenvalue weighted by molar-refractivity contribution is 6.32. The quantitative estimate of drug-likeness (QED) is 0.761. The molecule has 0 radical (unpaired) electrons. The number of aromatic nitrogens is 2. The first kappa shape index (κ1) is 13.0. The zero-order valence-electron chi connectivity index (χ0n) is 11.2. The van der Waals surface area contributed by atoms with Crippen molar-refractivity contribution in [2.45, 2.75) is 0 Å². The van der Waals surface area contributed by atoms with Crippen LogP contribution in [0.4, 0.5) is 5.69 Å². The van der Waals surface area contributed by atoms with Crippen LogP contribution in [0.1, 0.15) is 10.4 Å². The van der Waals surface area contributed by atoms with Crippen LogP contribution in [0.3, 0.4) is 0 Å². The number of benzene rings is 2. The summed E-state index contributed by atoms with van der Waals surface area (Å²) in [4.78, 5) is 12.5. The van der Waals surface area contributed by atoms with E-state index in [1.807, 2.05) is 0 Å². The van der Waals surface area contributed by atoms with Gasteiger partial charge in [-0.25, -0.2) is 0 Å². The Hall–Kier alpha value is -2.73. The Balaban J connectivity index is 1.68. The number of carbonyl (C=O) groups is 1. The molecule has 22 heavy (non-hydrogen) atoms. The zero-order chi connectivity index (χ0) is 15.1. The van der Waals surface area contributed by atoms with Crippen molar-refractivity contribution in [2.75, 3.05) is 12.1 Å². The number of H-pyrrole nitrogens is 1.